The van der Waals surface area contributed by atoms with Crippen LogP contribution in [0.2, 0.25) is 0 Å². The largest absolute Gasteiger partial charge is 0.295 e. The Balaban J connectivity index is 1.63. The van der Waals surface area contributed by atoms with Gasteiger partial charge in [-0.2, -0.15) is 0 Å². The van der Waals surface area contributed by atoms with Gasteiger partial charge in [0.15, 0.2) is 5.78 Å². The number of carbonyl (C=O) groups is 1. The van der Waals surface area contributed by atoms with Crippen molar-refractivity contribution >= 4 is 5.78 Å². The monoisotopic (exact) mass is 257 g/mol. The predicted octanol–water partition coefficient (Wildman–Crippen LogP) is 3.30. The Morgan fingerprint density at radius 1 is 1.26 bits per heavy atom. The van der Waals surface area contributed by atoms with Crippen molar-refractivity contribution in [1.82, 2.24) is 4.90 Å². The van der Waals surface area contributed by atoms with E-state index >= 15 is 0 Å². The number of benzene rings is 1. The lowest BCUT2D eigenvalue weighted by molar-refractivity contribution is 0.0702. The fraction of sp³-hybridized carbons (Fsp3) is 0.588. The highest BCUT2D eigenvalue weighted by Gasteiger charge is 2.31. The minimum absolute atomic E-state index is 0.281. The normalized spacial score (nSPS) is 27.2. The van der Waals surface area contributed by atoms with Gasteiger partial charge >= 0.3 is 0 Å². The van der Waals surface area contributed by atoms with Crippen molar-refractivity contribution in [1.29, 1.82) is 0 Å². The summed E-state index contributed by atoms with van der Waals surface area (Å²) in [5, 5.41) is 0. The smallest absolute Gasteiger partial charge is 0.176 e. The summed E-state index contributed by atoms with van der Waals surface area (Å²) in [5.74, 6) is 1.97. The molecule has 1 aromatic rings. The number of rotatable bonds is 3. The van der Waals surface area contributed by atoms with Crippen LogP contribution in [-0.4, -0.2) is 30.3 Å². The van der Waals surface area contributed by atoms with Crippen LogP contribution in [0.1, 0.15) is 41.6 Å². The molecule has 2 nitrogen and oxygen atoms in total. The molecule has 2 fully saturated rings. The van der Waals surface area contributed by atoms with Gasteiger partial charge in [-0.1, -0.05) is 30.2 Å². The van der Waals surface area contributed by atoms with E-state index in [1.165, 1.54) is 31.2 Å². The second-order valence-electron chi connectivity index (χ2n) is 6.39. The van der Waals surface area contributed by atoms with Crippen molar-refractivity contribution in [2.45, 2.75) is 32.6 Å². The number of piperidine rings is 1. The van der Waals surface area contributed by atoms with E-state index in [2.05, 4.69) is 4.90 Å². The molecule has 1 aromatic carbocycles. The SMILES string of the molecule is Cc1cccc(C(=O)CN2CC3CCCC(C3)C2)c1. The molecule has 0 N–H and O–H groups in total. The number of fused-ring (bicyclic) bond motifs is 2. The van der Waals surface area contributed by atoms with Crippen molar-refractivity contribution in [2.75, 3.05) is 19.6 Å². The average Bonchev–Trinajstić information content (AvgIpc) is 2.38. The standard InChI is InChI=1S/C17H23NO/c1-13-4-2-7-16(8-13)17(19)12-18-10-14-5-3-6-15(9-14)11-18/h2,4,7-8,14-15H,3,5-6,9-12H2,1H3. The predicted molar refractivity (Wildman–Crippen MR) is 77.4 cm³/mol. The molecule has 1 aliphatic carbocycles. The Hall–Kier alpha value is -1.15. The van der Waals surface area contributed by atoms with Gasteiger partial charge in [0.1, 0.15) is 0 Å². The van der Waals surface area contributed by atoms with Crippen molar-refractivity contribution in [3.05, 3.63) is 35.4 Å². The molecular formula is C17H23NO. The number of nitrogens with zero attached hydrogens (tertiary/aromatic N) is 1. The molecule has 2 bridgehead atoms. The number of carbonyl (C=O) groups excluding carboxylic acids is 1. The lowest BCUT2D eigenvalue weighted by atomic mass is 9.78. The first-order valence-corrected chi connectivity index (χ1v) is 7.53. The van der Waals surface area contributed by atoms with Gasteiger partial charge in [0.2, 0.25) is 0 Å². The Bertz CT molecular complexity index is 456. The van der Waals surface area contributed by atoms with Crippen LogP contribution in [0, 0.1) is 18.8 Å². The van der Waals surface area contributed by atoms with Gasteiger partial charge < -0.3 is 0 Å². The highest BCUT2D eigenvalue weighted by Crippen LogP contribution is 2.34. The first-order chi connectivity index (χ1) is 9.20. The number of Topliss-reactive ketones (excluding diaryl/α,β-unsaturated/α-hetero) is 1. The molecule has 1 saturated carbocycles. The molecule has 1 saturated heterocycles. The van der Waals surface area contributed by atoms with Gasteiger partial charge in [0.05, 0.1) is 6.54 Å². The van der Waals surface area contributed by atoms with E-state index in [9.17, 15) is 4.79 Å². The van der Waals surface area contributed by atoms with Gasteiger partial charge in [-0.25, -0.2) is 0 Å². The summed E-state index contributed by atoms with van der Waals surface area (Å²) in [7, 11) is 0. The molecular weight excluding hydrogens is 234 g/mol. The van der Waals surface area contributed by atoms with Gasteiger partial charge in [0.25, 0.3) is 0 Å². The summed E-state index contributed by atoms with van der Waals surface area (Å²) in [6.07, 6.45) is 5.53. The Morgan fingerprint density at radius 3 is 2.68 bits per heavy atom. The zero-order chi connectivity index (χ0) is 13.2. The molecule has 0 spiro atoms. The van der Waals surface area contributed by atoms with Crippen molar-refractivity contribution in [2.24, 2.45) is 11.8 Å². The van der Waals surface area contributed by atoms with E-state index < -0.39 is 0 Å². The Morgan fingerprint density at radius 2 is 2.00 bits per heavy atom. The van der Waals surface area contributed by atoms with Crippen LogP contribution >= 0.6 is 0 Å². The van der Waals surface area contributed by atoms with E-state index in [0.29, 0.717) is 6.54 Å². The van der Waals surface area contributed by atoms with Crippen molar-refractivity contribution in [3.8, 4) is 0 Å². The van der Waals surface area contributed by atoms with Crippen LogP contribution in [0.3, 0.4) is 0 Å². The zero-order valence-corrected chi connectivity index (χ0v) is 11.8. The second-order valence-corrected chi connectivity index (χ2v) is 6.39. The topological polar surface area (TPSA) is 20.3 Å². The summed E-state index contributed by atoms with van der Waals surface area (Å²) in [4.78, 5) is 14.7. The Kier molecular flexibility index (Phi) is 3.69. The second kappa shape index (κ2) is 5.46. The maximum Gasteiger partial charge on any atom is 0.176 e. The number of likely N-dealkylation sites (tertiary alicyclic amines) is 1. The summed E-state index contributed by atoms with van der Waals surface area (Å²) < 4.78 is 0. The van der Waals surface area contributed by atoms with E-state index in [1.54, 1.807) is 0 Å². The molecule has 102 valence electrons. The fourth-order valence-electron chi connectivity index (χ4n) is 3.78. The van der Waals surface area contributed by atoms with E-state index in [-0.39, 0.29) is 5.78 Å². The first-order valence-electron chi connectivity index (χ1n) is 7.53. The molecule has 1 aliphatic heterocycles. The van der Waals surface area contributed by atoms with Crippen molar-refractivity contribution in [3.63, 3.8) is 0 Å². The molecule has 2 aliphatic rings. The minimum Gasteiger partial charge on any atom is -0.295 e. The zero-order valence-electron chi connectivity index (χ0n) is 11.8. The fourth-order valence-corrected chi connectivity index (χ4v) is 3.78. The van der Waals surface area contributed by atoms with Crippen molar-refractivity contribution < 1.29 is 4.79 Å². The molecule has 0 aromatic heterocycles. The maximum absolute atomic E-state index is 12.3. The number of hydrogen-bond acceptors (Lipinski definition) is 2. The summed E-state index contributed by atoms with van der Waals surface area (Å²) in [6, 6.07) is 7.97. The Labute approximate surface area is 115 Å². The third-order valence-corrected chi connectivity index (χ3v) is 4.63. The van der Waals surface area contributed by atoms with E-state index in [0.717, 1.165) is 30.5 Å². The lowest BCUT2D eigenvalue weighted by Gasteiger charge is -2.41. The maximum atomic E-state index is 12.3. The molecule has 3 rings (SSSR count). The number of ketones is 1. The summed E-state index contributed by atoms with van der Waals surface area (Å²) in [5.41, 5.74) is 2.04. The number of hydrogen-bond donors (Lipinski definition) is 0. The molecule has 19 heavy (non-hydrogen) atoms. The summed E-state index contributed by atoms with van der Waals surface area (Å²) in [6.45, 7) is 4.92. The highest BCUT2D eigenvalue weighted by atomic mass is 16.1. The van der Waals surface area contributed by atoms with E-state index in [1.807, 2.05) is 31.2 Å². The van der Waals surface area contributed by atoms with E-state index in [4.69, 9.17) is 0 Å². The quantitative estimate of drug-likeness (QED) is 0.774. The van der Waals surface area contributed by atoms with Crippen LogP contribution < -0.4 is 0 Å². The van der Waals surface area contributed by atoms with Gasteiger partial charge in [0, 0.05) is 18.7 Å². The van der Waals surface area contributed by atoms with Crippen LogP contribution in [-0.2, 0) is 0 Å². The molecule has 0 radical (unpaired) electrons. The van der Waals surface area contributed by atoms with Crippen LogP contribution in [0.5, 0.6) is 0 Å². The van der Waals surface area contributed by atoms with Gasteiger partial charge in [-0.15, -0.1) is 0 Å². The molecule has 2 unspecified atom stereocenters. The lowest BCUT2D eigenvalue weighted by Crippen LogP contribution is -2.44. The van der Waals surface area contributed by atoms with Crippen LogP contribution in [0.15, 0.2) is 24.3 Å². The van der Waals surface area contributed by atoms with Crippen LogP contribution in [0.25, 0.3) is 0 Å². The third kappa shape index (κ3) is 3.06. The third-order valence-electron chi connectivity index (χ3n) is 4.63. The molecule has 1 heterocycles. The van der Waals surface area contributed by atoms with Gasteiger partial charge in [-0.05, 0) is 44.1 Å². The summed E-state index contributed by atoms with van der Waals surface area (Å²) >= 11 is 0. The van der Waals surface area contributed by atoms with Gasteiger partial charge in [-0.3, -0.25) is 9.69 Å². The highest BCUT2D eigenvalue weighted by molar-refractivity contribution is 5.97. The molecule has 2 atom stereocenters. The van der Waals surface area contributed by atoms with Crippen LogP contribution in [0.4, 0.5) is 0 Å². The molecule has 0 amide bonds. The minimum atomic E-state index is 0.281. The molecule has 2 heteroatoms. The number of aryl methyl sites for hydroxylation is 1. The average molecular weight is 257 g/mol. The first kappa shape index (κ1) is 12.9.